The van der Waals surface area contributed by atoms with E-state index in [0.717, 1.165) is 24.8 Å². The summed E-state index contributed by atoms with van der Waals surface area (Å²) in [4.78, 5) is 23.4. The van der Waals surface area contributed by atoms with Gasteiger partial charge in [-0.15, -0.1) is 0 Å². The molecule has 8 heteroatoms. The number of non-ortho nitro benzene ring substituents is 1. The van der Waals surface area contributed by atoms with Crippen molar-refractivity contribution in [2.24, 2.45) is 0 Å². The van der Waals surface area contributed by atoms with Crippen molar-refractivity contribution in [3.8, 4) is 0 Å². The summed E-state index contributed by atoms with van der Waals surface area (Å²) in [6.07, 6.45) is 4.68. The molecule has 29 heavy (non-hydrogen) atoms. The van der Waals surface area contributed by atoms with Crippen LogP contribution in [0.5, 0.6) is 0 Å². The van der Waals surface area contributed by atoms with Gasteiger partial charge in [0.1, 0.15) is 5.82 Å². The molecular formula is C21H19ClN4O3. The number of nitrogens with zero attached hydrogens (tertiary/aromatic N) is 3. The van der Waals surface area contributed by atoms with E-state index in [2.05, 4.69) is 22.5 Å². The van der Waals surface area contributed by atoms with Gasteiger partial charge in [0.2, 0.25) is 0 Å². The Morgan fingerprint density at radius 3 is 2.90 bits per heavy atom. The Morgan fingerprint density at radius 1 is 1.31 bits per heavy atom. The molecule has 3 aromatic rings. The largest absolute Gasteiger partial charge is 0.306 e. The number of nitrogens with one attached hydrogen (secondary N) is 1. The van der Waals surface area contributed by atoms with Crippen LogP contribution in [0.15, 0.2) is 48.7 Å². The number of halogens is 1. The van der Waals surface area contributed by atoms with Gasteiger partial charge in [-0.3, -0.25) is 14.9 Å². The normalized spacial score (nSPS) is 15.6. The van der Waals surface area contributed by atoms with Crippen LogP contribution in [-0.2, 0) is 6.42 Å². The number of carbonyl (C=O) groups is 1. The summed E-state index contributed by atoms with van der Waals surface area (Å²) in [7, 11) is 0. The number of aryl methyl sites for hydroxylation is 2. The van der Waals surface area contributed by atoms with Crippen LogP contribution in [0.3, 0.4) is 0 Å². The summed E-state index contributed by atoms with van der Waals surface area (Å²) >= 11 is 6.13. The number of hydrogen-bond acceptors (Lipinski definition) is 4. The lowest BCUT2D eigenvalue weighted by Gasteiger charge is -2.27. The number of nitro groups is 1. The monoisotopic (exact) mass is 410 g/mol. The van der Waals surface area contributed by atoms with Gasteiger partial charge in [0.25, 0.3) is 11.6 Å². The number of carbonyl (C=O) groups excluding carboxylic acids is 1. The topological polar surface area (TPSA) is 90.1 Å². The van der Waals surface area contributed by atoms with Crippen LogP contribution >= 0.6 is 11.6 Å². The lowest BCUT2D eigenvalue weighted by Crippen LogP contribution is -2.23. The molecule has 1 N–H and O–H groups in total. The molecule has 7 nitrogen and oxygen atoms in total. The Hall–Kier alpha value is -3.19. The zero-order chi connectivity index (χ0) is 20.5. The predicted molar refractivity (Wildman–Crippen MR) is 111 cm³/mol. The van der Waals surface area contributed by atoms with Gasteiger partial charge in [-0.2, -0.15) is 5.10 Å². The van der Waals surface area contributed by atoms with Gasteiger partial charge in [0, 0.05) is 17.7 Å². The maximum absolute atomic E-state index is 12.9. The average Bonchev–Trinajstić information content (AvgIpc) is 3.07. The third-order valence-electron chi connectivity index (χ3n) is 5.25. The second kappa shape index (κ2) is 7.67. The van der Waals surface area contributed by atoms with Gasteiger partial charge in [0.05, 0.1) is 27.7 Å². The second-order valence-electron chi connectivity index (χ2n) is 7.10. The SMILES string of the molecule is Cc1cnn(C2CCCc3ccccc32)c1NC(=O)c1cc([N+](=O)[O-])ccc1Cl. The van der Waals surface area contributed by atoms with Gasteiger partial charge in [-0.05, 0) is 43.4 Å². The summed E-state index contributed by atoms with van der Waals surface area (Å²) < 4.78 is 1.83. The molecule has 0 spiro atoms. The Balaban J connectivity index is 1.69. The highest BCUT2D eigenvalue weighted by Crippen LogP contribution is 2.35. The number of aromatic nitrogens is 2. The molecule has 1 aromatic heterocycles. The van der Waals surface area contributed by atoms with E-state index in [0.29, 0.717) is 5.82 Å². The summed E-state index contributed by atoms with van der Waals surface area (Å²) in [5, 5.41) is 18.6. The van der Waals surface area contributed by atoms with Crippen LogP contribution in [0.1, 0.15) is 45.9 Å². The molecule has 1 aliphatic carbocycles. The standard InChI is InChI=1S/C21H19ClN4O3/c1-13-12-23-25(19-8-4-6-14-5-2-3-7-16(14)19)20(13)24-21(27)17-11-15(26(28)29)9-10-18(17)22/h2-3,5,7,9-12,19H,4,6,8H2,1H3,(H,24,27). The molecular weight excluding hydrogens is 392 g/mol. The van der Waals surface area contributed by atoms with E-state index in [1.54, 1.807) is 6.20 Å². The number of anilines is 1. The van der Waals surface area contributed by atoms with E-state index >= 15 is 0 Å². The molecule has 1 amide bonds. The van der Waals surface area contributed by atoms with Crippen molar-refractivity contribution in [3.05, 3.63) is 86.1 Å². The summed E-state index contributed by atoms with van der Waals surface area (Å²) in [6.45, 7) is 1.86. The minimum atomic E-state index is -0.554. The maximum atomic E-state index is 12.9. The van der Waals surface area contributed by atoms with E-state index in [-0.39, 0.29) is 22.3 Å². The Labute approximate surface area is 172 Å². The number of amides is 1. The third kappa shape index (κ3) is 3.61. The highest BCUT2D eigenvalue weighted by Gasteiger charge is 2.26. The maximum Gasteiger partial charge on any atom is 0.270 e. The molecule has 1 aliphatic rings. The molecule has 0 radical (unpaired) electrons. The molecule has 0 bridgehead atoms. The van der Waals surface area contributed by atoms with Crippen molar-refractivity contribution in [3.63, 3.8) is 0 Å². The number of benzene rings is 2. The highest BCUT2D eigenvalue weighted by molar-refractivity contribution is 6.34. The van der Waals surface area contributed by atoms with E-state index in [1.165, 1.54) is 29.3 Å². The van der Waals surface area contributed by atoms with Crippen LogP contribution in [0.25, 0.3) is 0 Å². The van der Waals surface area contributed by atoms with Crippen molar-refractivity contribution in [1.82, 2.24) is 9.78 Å². The number of hydrogen-bond donors (Lipinski definition) is 1. The number of nitro benzene ring substituents is 1. The van der Waals surface area contributed by atoms with E-state index in [1.807, 2.05) is 23.7 Å². The van der Waals surface area contributed by atoms with E-state index < -0.39 is 10.8 Å². The molecule has 0 saturated carbocycles. The Bertz CT molecular complexity index is 1110. The van der Waals surface area contributed by atoms with Gasteiger partial charge in [0.15, 0.2) is 0 Å². The zero-order valence-electron chi connectivity index (χ0n) is 15.8. The summed E-state index contributed by atoms with van der Waals surface area (Å²) in [5.41, 5.74) is 3.16. The average molecular weight is 411 g/mol. The van der Waals surface area contributed by atoms with E-state index in [9.17, 15) is 14.9 Å². The fourth-order valence-corrected chi connectivity index (χ4v) is 4.00. The summed E-state index contributed by atoms with van der Waals surface area (Å²) in [5.74, 6) is 0.0620. The van der Waals surface area contributed by atoms with Crippen molar-refractivity contribution in [2.45, 2.75) is 32.2 Å². The minimum Gasteiger partial charge on any atom is -0.306 e. The van der Waals surface area contributed by atoms with Crippen molar-refractivity contribution >= 4 is 29.0 Å². The molecule has 148 valence electrons. The predicted octanol–water partition coefficient (Wildman–Crippen LogP) is 4.93. The lowest BCUT2D eigenvalue weighted by atomic mass is 9.88. The van der Waals surface area contributed by atoms with Crippen LogP contribution < -0.4 is 5.32 Å². The van der Waals surface area contributed by atoms with Gasteiger partial charge < -0.3 is 5.32 Å². The first kappa shape index (κ1) is 19.1. The zero-order valence-corrected chi connectivity index (χ0v) is 16.5. The highest BCUT2D eigenvalue weighted by atomic mass is 35.5. The van der Waals surface area contributed by atoms with Crippen LogP contribution in [-0.4, -0.2) is 20.6 Å². The molecule has 1 heterocycles. The van der Waals surface area contributed by atoms with Crippen molar-refractivity contribution in [2.75, 3.05) is 5.32 Å². The van der Waals surface area contributed by atoms with Gasteiger partial charge in [-0.1, -0.05) is 35.9 Å². The van der Waals surface area contributed by atoms with E-state index in [4.69, 9.17) is 11.6 Å². The fourth-order valence-electron chi connectivity index (χ4n) is 3.80. The fraction of sp³-hybridized carbons (Fsp3) is 0.238. The van der Waals surface area contributed by atoms with Gasteiger partial charge in [-0.25, -0.2) is 4.68 Å². The van der Waals surface area contributed by atoms with Crippen LogP contribution in [0.4, 0.5) is 11.5 Å². The van der Waals surface area contributed by atoms with Crippen LogP contribution in [0.2, 0.25) is 5.02 Å². The molecule has 1 atom stereocenters. The first-order valence-electron chi connectivity index (χ1n) is 9.33. The Kier molecular flexibility index (Phi) is 5.07. The number of fused-ring (bicyclic) bond motifs is 1. The molecule has 4 rings (SSSR count). The Morgan fingerprint density at radius 2 is 2.10 bits per heavy atom. The first-order valence-corrected chi connectivity index (χ1v) is 9.70. The molecule has 0 fully saturated rings. The minimum absolute atomic E-state index is 0.0181. The molecule has 0 saturated heterocycles. The molecule has 0 aliphatic heterocycles. The molecule has 1 unspecified atom stereocenters. The second-order valence-corrected chi connectivity index (χ2v) is 7.51. The quantitative estimate of drug-likeness (QED) is 0.487. The van der Waals surface area contributed by atoms with Gasteiger partial charge >= 0.3 is 0 Å². The number of rotatable bonds is 4. The third-order valence-corrected chi connectivity index (χ3v) is 5.58. The molecule has 2 aromatic carbocycles. The van der Waals surface area contributed by atoms with Crippen molar-refractivity contribution < 1.29 is 9.72 Å². The first-order chi connectivity index (χ1) is 14.0. The summed E-state index contributed by atoms with van der Waals surface area (Å²) in [6, 6.07) is 12.1. The smallest absolute Gasteiger partial charge is 0.270 e. The van der Waals surface area contributed by atoms with Crippen molar-refractivity contribution in [1.29, 1.82) is 0 Å². The lowest BCUT2D eigenvalue weighted by molar-refractivity contribution is -0.384. The van der Waals surface area contributed by atoms with Crippen LogP contribution in [0, 0.1) is 17.0 Å².